The maximum Gasteiger partial charge on any atom is 0.306 e. The predicted octanol–water partition coefficient (Wildman–Crippen LogP) is 11.6. The molecular formula is C55H101NO10. The molecule has 0 saturated carbocycles. The first-order valence-corrected chi connectivity index (χ1v) is 27.3. The van der Waals surface area contributed by atoms with Crippen molar-refractivity contribution in [3.05, 3.63) is 36.5 Å². The zero-order chi connectivity index (χ0) is 48.3. The predicted molar refractivity (Wildman–Crippen MR) is 269 cm³/mol. The second-order valence-electron chi connectivity index (χ2n) is 19.0. The maximum absolute atomic E-state index is 13.3. The molecule has 0 bridgehead atoms. The average Bonchev–Trinajstić information content (AvgIpc) is 3.31. The normalized spacial score (nSPS) is 20.4. The van der Waals surface area contributed by atoms with Gasteiger partial charge >= 0.3 is 5.97 Å². The fourth-order valence-electron chi connectivity index (χ4n) is 8.41. The number of rotatable bonds is 45. The Morgan fingerprint density at radius 1 is 0.591 bits per heavy atom. The number of esters is 1. The molecule has 1 aliphatic rings. The van der Waals surface area contributed by atoms with Crippen LogP contribution in [0.3, 0.4) is 0 Å². The Kier molecular flexibility index (Phi) is 41.4. The molecule has 1 aliphatic heterocycles. The van der Waals surface area contributed by atoms with Crippen molar-refractivity contribution < 1.29 is 49.3 Å². The van der Waals surface area contributed by atoms with E-state index in [9.17, 15) is 35.1 Å². The van der Waals surface area contributed by atoms with Gasteiger partial charge in [-0.2, -0.15) is 0 Å². The minimum absolute atomic E-state index is 0.0196. The van der Waals surface area contributed by atoms with Crippen molar-refractivity contribution in [3.8, 4) is 0 Å². The quantitative estimate of drug-likeness (QED) is 0.0196. The fourth-order valence-corrected chi connectivity index (χ4v) is 8.41. The van der Waals surface area contributed by atoms with Crippen LogP contribution in [0.2, 0.25) is 0 Å². The van der Waals surface area contributed by atoms with E-state index in [1.165, 1.54) is 141 Å². The van der Waals surface area contributed by atoms with Crippen LogP contribution < -0.4 is 5.32 Å². The Hall–Kier alpha value is -2.12. The molecule has 1 heterocycles. The van der Waals surface area contributed by atoms with Gasteiger partial charge in [0, 0.05) is 6.42 Å². The topological polar surface area (TPSA) is 175 Å². The largest absolute Gasteiger partial charge is 0.454 e. The highest BCUT2D eigenvalue weighted by Crippen LogP contribution is 2.26. The summed E-state index contributed by atoms with van der Waals surface area (Å²) in [6.45, 7) is 5.72. The van der Waals surface area contributed by atoms with Gasteiger partial charge in [0.2, 0.25) is 5.91 Å². The highest BCUT2D eigenvalue weighted by Gasteiger charge is 2.47. The summed E-state index contributed by atoms with van der Waals surface area (Å²) >= 11 is 0. The lowest BCUT2D eigenvalue weighted by atomic mass is 9.99. The van der Waals surface area contributed by atoms with Gasteiger partial charge in [-0.25, -0.2) is 0 Å². The fraction of sp³-hybridized carbons (Fsp3) is 0.855. The summed E-state index contributed by atoms with van der Waals surface area (Å²) in [6, 6.07) is -1.03. The van der Waals surface area contributed by atoms with Gasteiger partial charge in [-0.15, -0.1) is 0 Å². The van der Waals surface area contributed by atoms with E-state index < -0.39 is 67.4 Å². The lowest BCUT2D eigenvalue weighted by molar-refractivity contribution is -0.305. The molecule has 1 fully saturated rings. The molecule has 0 aromatic rings. The van der Waals surface area contributed by atoms with Crippen molar-refractivity contribution in [1.29, 1.82) is 0 Å². The third kappa shape index (κ3) is 32.6. The number of aliphatic hydroxyl groups is 5. The molecular weight excluding hydrogens is 835 g/mol. The minimum Gasteiger partial charge on any atom is -0.454 e. The van der Waals surface area contributed by atoms with Gasteiger partial charge in [0.15, 0.2) is 12.4 Å². The van der Waals surface area contributed by atoms with E-state index in [2.05, 4.69) is 38.2 Å². The molecule has 11 nitrogen and oxygen atoms in total. The number of aliphatic hydroxyl groups excluding tert-OH is 5. The van der Waals surface area contributed by atoms with Crippen LogP contribution >= 0.6 is 0 Å². The van der Waals surface area contributed by atoms with Crippen molar-refractivity contribution in [2.75, 3.05) is 13.2 Å². The Bertz CT molecular complexity index is 1210. The zero-order valence-electron chi connectivity index (χ0n) is 42.3. The van der Waals surface area contributed by atoms with Crippen LogP contribution in [-0.2, 0) is 23.8 Å². The summed E-state index contributed by atoms with van der Waals surface area (Å²) in [4.78, 5) is 26.3. The van der Waals surface area contributed by atoms with Crippen LogP contribution in [-0.4, -0.2) is 99.6 Å². The second-order valence-corrected chi connectivity index (χ2v) is 19.0. The van der Waals surface area contributed by atoms with Crippen LogP contribution in [0.15, 0.2) is 36.5 Å². The van der Waals surface area contributed by atoms with Gasteiger partial charge in [0.25, 0.3) is 0 Å². The number of hydrogen-bond donors (Lipinski definition) is 6. The summed E-state index contributed by atoms with van der Waals surface area (Å²) in [5, 5.41) is 56.6. The molecule has 66 heavy (non-hydrogen) atoms. The molecule has 1 saturated heterocycles. The number of carbonyl (C=O) groups excluding carboxylic acids is 2. The third-order valence-electron chi connectivity index (χ3n) is 12.8. The Morgan fingerprint density at radius 2 is 1.05 bits per heavy atom. The van der Waals surface area contributed by atoms with Gasteiger partial charge in [0.05, 0.1) is 25.4 Å². The van der Waals surface area contributed by atoms with Crippen LogP contribution in [0.4, 0.5) is 0 Å². The Labute approximate surface area is 403 Å². The maximum atomic E-state index is 13.3. The monoisotopic (exact) mass is 936 g/mol. The summed E-state index contributed by atoms with van der Waals surface area (Å²) in [7, 11) is 0. The SMILES string of the molecule is CCCCCCCC/C=C\C/C=C/CCC(=O)OC1C(OCC(NC(=O)C(O)CCCCCCCCCCCCCCC)C(O)/C=C/CCCCCCCCCCC)OC(CO)C(O)C1O. The van der Waals surface area contributed by atoms with E-state index in [4.69, 9.17) is 14.2 Å². The van der Waals surface area contributed by atoms with Crippen molar-refractivity contribution in [3.63, 3.8) is 0 Å². The van der Waals surface area contributed by atoms with Gasteiger partial charge in [-0.05, 0) is 44.9 Å². The van der Waals surface area contributed by atoms with Crippen LogP contribution in [0.5, 0.6) is 0 Å². The molecule has 8 unspecified atom stereocenters. The Morgan fingerprint density at radius 3 is 1.55 bits per heavy atom. The molecule has 0 radical (unpaired) electrons. The number of hydrogen-bond acceptors (Lipinski definition) is 10. The van der Waals surface area contributed by atoms with Gasteiger partial charge in [-0.3, -0.25) is 9.59 Å². The molecule has 0 aliphatic carbocycles. The first kappa shape index (κ1) is 61.9. The van der Waals surface area contributed by atoms with E-state index in [1.807, 2.05) is 18.2 Å². The van der Waals surface area contributed by atoms with Crippen molar-refractivity contribution >= 4 is 11.9 Å². The smallest absolute Gasteiger partial charge is 0.306 e. The first-order chi connectivity index (χ1) is 32.2. The lowest BCUT2D eigenvalue weighted by Gasteiger charge is -2.41. The summed E-state index contributed by atoms with van der Waals surface area (Å²) in [5.41, 5.74) is 0. The summed E-state index contributed by atoms with van der Waals surface area (Å²) in [5.74, 6) is -1.26. The molecule has 0 aromatic heterocycles. The molecule has 0 aromatic carbocycles. The van der Waals surface area contributed by atoms with E-state index in [-0.39, 0.29) is 13.0 Å². The van der Waals surface area contributed by atoms with Crippen LogP contribution in [0.1, 0.15) is 239 Å². The lowest BCUT2D eigenvalue weighted by Crippen LogP contribution is -2.61. The van der Waals surface area contributed by atoms with E-state index in [1.54, 1.807) is 6.08 Å². The minimum atomic E-state index is -1.63. The molecule has 0 spiro atoms. The summed E-state index contributed by atoms with van der Waals surface area (Å²) in [6.07, 6.45) is 39.2. The van der Waals surface area contributed by atoms with E-state index in [0.717, 1.165) is 51.4 Å². The van der Waals surface area contributed by atoms with Crippen LogP contribution in [0.25, 0.3) is 0 Å². The second kappa shape index (κ2) is 44.1. The van der Waals surface area contributed by atoms with E-state index in [0.29, 0.717) is 19.3 Å². The molecule has 386 valence electrons. The standard InChI is InChI=1S/C55H101NO10/c1-4-7-10-13-16-19-22-24-27-30-33-36-39-42-48(59)54(63)56-46(47(58)41-38-35-32-29-26-21-18-15-12-9-6-3)45-64-55-53(52(62)51(61)49(44-57)65-55)66-50(60)43-40-37-34-31-28-25-23-20-17-14-11-8-5-2/h25,28,34,37-38,41,46-49,51-53,55,57-59,61-62H,4-24,26-27,29-33,35-36,39-40,42-45H2,1-3H3,(H,56,63)/b28-25-,37-34+,41-38+. The number of allylic oxidation sites excluding steroid dienone is 5. The highest BCUT2D eigenvalue weighted by molar-refractivity contribution is 5.80. The molecule has 1 amide bonds. The number of unbranched alkanes of at least 4 members (excludes halogenated alkanes) is 27. The number of nitrogens with one attached hydrogen (secondary N) is 1. The first-order valence-electron chi connectivity index (χ1n) is 27.3. The van der Waals surface area contributed by atoms with Crippen molar-refractivity contribution in [2.45, 2.75) is 288 Å². The van der Waals surface area contributed by atoms with Gasteiger partial charge in [0.1, 0.15) is 24.4 Å². The molecule has 11 heteroatoms. The zero-order valence-corrected chi connectivity index (χ0v) is 42.3. The Balaban J connectivity index is 2.79. The van der Waals surface area contributed by atoms with Gasteiger partial charge in [-0.1, -0.05) is 224 Å². The van der Waals surface area contributed by atoms with E-state index >= 15 is 0 Å². The van der Waals surface area contributed by atoms with Crippen molar-refractivity contribution in [2.24, 2.45) is 0 Å². The number of amides is 1. The van der Waals surface area contributed by atoms with Crippen LogP contribution in [0, 0.1) is 0 Å². The summed E-state index contributed by atoms with van der Waals surface area (Å²) < 4.78 is 17.4. The number of carbonyl (C=O) groups is 2. The van der Waals surface area contributed by atoms with Gasteiger partial charge < -0.3 is 45.1 Å². The average molecular weight is 936 g/mol. The van der Waals surface area contributed by atoms with Crippen molar-refractivity contribution in [1.82, 2.24) is 5.32 Å². The molecule has 8 atom stereocenters. The number of ether oxygens (including phenoxy) is 3. The third-order valence-corrected chi connectivity index (χ3v) is 12.8. The highest BCUT2D eigenvalue weighted by atomic mass is 16.7. The molecule has 6 N–H and O–H groups in total. The molecule has 1 rings (SSSR count).